The molecule has 4 rings (SSSR count). The van der Waals surface area contributed by atoms with Crippen molar-refractivity contribution in [1.29, 1.82) is 0 Å². The van der Waals surface area contributed by atoms with Gasteiger partial charge in [-0.1, -0.05) is 18.2 Å². The highest BCUT2D eigenvalue weighted by Gasteiger charge is 2.30. The molecule has 4 heteroatoms. The van der Waals surface area contributed by atoms with Gasteiger partial charge in [-0.2, -0.15) is 5.10 Å². The number of para-hydroxylation sites is 1. The number of fused-ring (bicyclic) bond motifs is 1. The smallest absolute Gasteiger partial charge is 0.272 e. The van der Waals surface area contributed by atoms with Gasteiger partial charge >= 0.3 is 0 Å². The summed E-state index contributed by atoms with van der Waals surface area (Å²) in [7, 11) is 0. The summed E-state index contributed by atoms with van der Waals surface area (Å²) >= 11 is 0. The normalized spacial score (nSPS) is 17.0. The first kappa shape index (κ1) is 11.7. The lowest BCUT2D eigenvalue weighted by Crippen LogP contribution is -2.26. The van der Waals surface area contributed by atoms with Crippen LogP contribution in [0.2, 0.25) is 0 Å². The number of carbonyl (C=O) groups is 1. The van der Waals surface area contributed by atoms with Crippen LogP contribution in [0.1, 0.15) is 41.0 Å². The molecule has 0 saturated heterocycles. The molecule has 0 radical (unpaired) electrons. The Morgan fingerprint density at radius 1 is 1.20 bits per heavy atom. The van der Waals surface area contributed by atoms with Gasteiger partial charge in [-0.3, -0.25) is 4.79 Å². The molecule has 1 saturated carbocycles. The van der Waals surface area contributed by atoms with Crippen LogP contribution in [0.3, 0.4) is 0 Å². The molecule has 0 bridgehead atoms. The summed E-state index contributed by atoms with van der Waals surface area (Å²) in [6, 6.07) is 10.4. The number of rotatable bonds is 3. The molecule has 2 aliphatic rings. The highest BCUT2D eigenvalue weighted by Crippen LogP contribution is 2.28. The molecule has 2 aliphatic carbocycles. The van der Waals surface area contributed by atoms with Crippen molar-refractivity contribution in [3.8, 4) is 5.69 Å². The summed E-state index contributed by atoms with van der Waals surface area (Å²) < 4.78 is 1.95. The average molecular weight is 267 g/mol. The lowest BCUT2D eigenvalue weighted by Gasteiger charge is -2.04. The van der Waals surface area contributed by atoms with Gasteiger partial charge in [0.1, 0.15) is 0 Å². The Bertz CT molecular complexity index is 656. The fourth-order valence-electron chi connectivity index (χ4n) is 2.88. The Balaban J connectivity index is 1.75. The van der Waals surface area contributed by atoms with Crippen molar-refractivity contribution in [2.24, 2.45) is 0 Å². The number of nitrogens with one attached hydrogen (secondary N) is 1. The Morgan fingerprint density at radius 3 is 2.75 bits per heavy atom. The maximum atomic E-state index is 12.3. The molecule has 0 spiro atoms. The van der Waals surface area contributed by atoms with E-state index in [0.29, 0.717) is 11.7 Å². The molecule has 20 heavy (non-hydrogen) atoms. The molecule has 1 aromatic heterocycles. The second kappa shape index (κ2) is 4.47. The summed E-state index contributed by atoms with van der Waals surface area (Å²) in [4.78, 5) is 12.3. The minimum Gasteiger partial charge on any atom is -0.348 e. The largest absolute Gasteiger partial charge is 0.348 e. The Labute approximate surface area is 117 Å². The maximum absolute atomic E-state index is 12.3. The minimum absolute atomic E-state index is 0.000307. The maximum Gasteiger partial charge on any atom is 0.272 e. The van der Waals surface area contributed by atoms with E-state index >= 15 is 0 Å². The quantitative estimate of drug-likeness (QED) is 0.927. The van der Waals surface area contributed by atoms with E-state index < -0.39 is 0 Å². The predicted molar refractivity (Wildman–Crippen MR) is 76.1 cm³/mol. The Hall–Kier alpha value is -2.10. The Kier molecular flexibility index (Phi) is 2.62. The zero-order valence-electron chi connectivity index (χ0n) is 11.3. The van der Waals surface area contributed by atoms with Gasteiger partial charge in [-0.25, -0.2) is 4.68 Å². The Morgan fingerprint density at radius 2 is 2.00 bits per heavy atom. The van der Waals surface area contributed by atoms with Gasteiger partial charge < -0.3 is 5.32 Å². The van der Waals surface area contributed by atoms with Gasteiger partial charge in [-0.15, -0.1) is 0 Å². The van der Waals surface area contributed by atoms with Gasteiger partial charge in [0.25, 0.3) is 5.91 Å². The number of benzene rings is 1. The second-order valence-corrected chi connectivity index (χ2v) is 5.62. The van der Waals surface area contributed by atoms with Crippen LogP contribution < -0.4 is 5.32 Å². The average Bonchev–Trinajstić information content (AvgIpc) is 3.02. The molecule has 1 aromatic carbocycles. The first-order valence-corrected chi connectivity index (χ1v) is 7.30. The zero-order chi connectivity index (χ0) is 13.5. The van der Waals surface area contributed by atoms with E-state index in [2.05, 4.69) is 10.4 Å². The molecule has 1 heterocycles. The van der Waals surface area contributed by atoms with Gasteiger partial charge in [-0.05, 0) is 44.2 Å². The third kappa shape index (κ3) is 1.92. The third-order valence-electron chi connectivity index (χ3n) is 4.06. The predicted octanol–water partition coefficient (Wildman–Crippen LogP) is 2.25. The van der Waals surface area contributed by atoms with Gasteiger partial charge in [0.2, 0.25) is 0 Å². The van der Waals surface area contributed by atoms with E-state index in [-0.39, 0.29) is 5.91 Å². The molecule has 0 aliphatic heterocycles. The lowest BCUT2D eigenvalue weighted by atomic mass is 10.2. The van der Waals surface area contributed by atoms with Crippen LogP contribution in [0, 0.1) is 0 Å². The first-order chi connectivity index (χ1) is 9.83. The van der Waals surface area contributed by atoms with E-state index in [1.165, 1.54) is 5.69 Å². The molecule has 4 nitrogen and oxygen atoms in total. The van der Waals surface area contributed by atoms with Crippen molar-refractivity contribution in [2.45, 2.75) is 38.1 Å². The molecule has 1 fully saturated rings. The van der Waals surface area contributed by atoms with Crippen LogP contribution in [0.15, 0.2) is 30.3 Å². The summed E-state index contributed by atoms with van der Waals surface area (Å²) in [6.45, 7) is 0. The summed E-state index contributed by atoms with van der Waals surface area (Å²) in [5.41, 5.74) is 4.02. The molecular formula is C16H17N3O. The molecular weight excluding hydrogens is 250 g/mol. The highest BCUT2D eigenvalue weighted by molar-refractivity contribution is 5.94. The van der Waals surface area contributed by atoms with Crippen molar-refractivity contribution in [3.63, 3.8) is 0 Å². The number of aromatic nitrogens is 2. The van der Waals surface area contributed by atoms with Gasteiger partial charge in [0.05, 0.1) is 5.69 Å². The molecule has 1 N–H and O–H groups in total. The van der Waals surface area contributed by atoms with Crippen LogP contribution in [-0.2, 0) is 12.8 Å². The SMILES string of the molecule is O=C(NC1CC1)c1nn(-c2ccccc2)c2c1CCC2. The lowest BCUT2D eigenvalue weighted by molar-refractivity contribution is 0.0944. The van der Waals surface area contributed by atoms with Crippen molar-refractivity contribution in [2.75, 3.05) is 0 Å². The fourth-order valence-corrected chi connectivity index (χ4v) is 2.88. The summed E-state index contributed by atoms with van der Waals surface area (Å²) in [6.07, 6.45) is 5.30. The zero-order valence-corrected chi connectivity index (χ0v) is 11.3. The second-order valence-electron chi connectivity index (χ2n) is 5.62. The number of hydrogen-bond donors (Lipinski definition) is 1. The molecule has 1 amide bonds. The standard InChI is InChI=1S/C16H17N3O/c20-16(17-11-9-10-11)15-13-7-4-8-14(13)19(18-15)12-5-2-1-3-6-12/h1-3,5-6,11H,4,7-10H2,(H,17,20). The summed E-state index contributed by atoms with van der Waals surface area (Å²) in [5, 5.41) is 7.64. The van der Waals surface area contributed by atoms with Crippen LogP contribution in [0.25, 0.3) is 5.69 Å². The van der Waals surface area contributed by atoms with Gasteiger partial charge in [0, 0.05) is 17.3 Å². The molecule has 0 atom stereocenters. The van der Waals surface area contributed by atoms with E-state index in [0.717, 1.165) is 43.4 Å². The molecule has 0 unspecified atom stereocenters. The van der Waals surface area contributed by atoms with Crippen LogP contribution in [0.4, 0.5) is 0 Å². The van der Waals surface area contributed by atoms with Gasteiger partial charge in [0.15, 0.2) is 5.69 Å². The highest BCUT2D eigenvalue weighted by atomic mass is 16.2. The van der Waals surface area contributed by atoms with E-state index in [9.17, 15) is 4.79 Å². The number of amides is 1. The number of nitrogens with zero attached hydrogens (tertiary/aromatic N) is 2. The first-order valence-electron chi connectivity index (χ1n) is 7.30. The topological polar surface area (TPSA) is 46.9 Å². The monoisotopic (exact) mass is 267 g/mol. The van der Waals surface area contributed by atoms with Crippen molar-refractivity contribution < 1.29 is 4.79 Å². The number of carbonyl (C=O) groups excluding carboxylic acids is 1. The molecule has 2 aromatic rings. The van der Waals surface area contributed by atoms with Crippen molar-refractivity contribution in [1.82, 2.24) is 15.1 Å². The van der Waals surface area contributed by atoms with E-state index in [1.807, 2.05) is 35.0 Å². The third-order valence-corrected chi connectivity index (χ3v) is 4.06. The number of hydrogen-bond acceptors (Lipinski definition) is 2. The van der Waals surface area contributed by atoms with E-state index in [1.54, 1.807) is 0 Å². The van der Waals surface area contributed by atoms with Crippen LogP contribution in [0.5, 0.6) is 0 Å². The minimum atomic E-state index is 0.000307. The summed E-state index contributed by atoms with van der Waals surface area (Å²) in [5.74, 6) is 0.000307. The van der Waals surface area contributed by atoms with Crippen LogP contribution in [-0.4, -0.2) is 21.7 Å². The van der Waals surface area contributed by atoms with Crippen LogP contribution >= 0.6 is 0 Å². The van der Waals surface area contributed by atoms with Crippen molar-refractivity contribution >= 4 is 5.91 Å². The van der Waals surface area contributed by atoms with E-state index in [4.69, 9.17) is 0 Å². The fraction of sp³-hybridized carbons (Fsp3) is 0.375. The molecule has 102 valence electrons. The van der Waals surface area contributed by atoms with Crippen molar-refractivity contribution in [3.05, 3.63) is 47.3 Å².